The minimum Gasteiger partial charge on any atom is -0.508 e. The maximum Gasteiger partial charge on any atom is 0.416 e. The maximum absolute atomic E-state index is 13.6. The van der Waals surface area contributed by atoms with Crippen LogP contribution < -0.4 is 5.73 Å². The summed E-state index contributed by atoms with van der Waals surface area (Å²) in [4.78, 5) is 39.7. The number of nitrogens with two attached hydrogens (primary N) is 1. The van der Waals surface area contributed by atoms with E-state index >= 15 is 0 Å². The number of aliphatic hydroxyl groups excluding tert-OH is 2. The van der Waals surface area contributed by atoms with Crippen molar-refractivity contribution in [3.8, 4) is 5.75 Å². The summed E-state index contributed by atoms with van der Waals surface area (Å²) in [6.45, 7) is 0. The SMILES string of the molecule is CN(C)[C@@H]1C(=O)C(C(N)=O)=C(O)[C@@]2(O)C(=O)C3=C(O)c4c(O)ccc(C(F)(F)F)c4C[C@H]3CC12. The molecule has 1 fully saturated rings. The molecular weight excluding hydrogens is 461 g/mol. The Balaban J connectivity index is 2.00. The zero-order valence-electron chi connectivity index (χ0n) is 18.0. The number of halogens is 3. The summed E-state index contributed by atoms with van der Waals surface area (Å²) in [5, 5.41) is 43.1. The predicted octanol–water partition coefficient (Wildman–Crippen LogP) is 0.983. The zero-order valence-corrected chi connectivity index (χ0v) is 18.0. The van der Waals surface area contributed by atoms with Crippen molar-refractivity contribution >= 4 is 23.2 Å². The molecule has 0 aliphatic heterocycles. The summed E-state index contributed by atoms with van der Waals surface area (Å²) < 4.78 is 40.9. The van der Waals surface area contributed by atoms with E-state index in [0.717, 1.165) is 6.07 Å². The van der Waals surface area contributed by atoms with E-state index in [0.29, 0.717) is 6.07 Å². The molecule has 0 aromatic heterocycles. The molecule has 1 amide bonds. The predicted molar refractivity (Wildman–Crippen MR) is 109 cm³/mol. The fraction of sp³-hybridized carbons (Fsp3) is 0.409. The number of aliphatic hydroxyl groups is 3. The van der Waals surface area contributed by atoms with Crippen molar-refractivity contribution < 1.29 is 48.0 Å². The van der Waals surface area contributed by atoms with Crippen LogP contribution >= 0.6 is 0 Å². The Hall–Kier alpha value is -3.38. The molecule has 1 saturated carbocycles. The van der Waals surface area contributed by atoms with Crippen LogP contribution in [-0.4, -0.2) is 68.5 Å². The first-order valence-corrected chi connectivity index (χ1v) is 10.2. The van der Waals surface area contributed by atoms with Gasteiger partial charge in [0.25, 0.3) is 5.91 Å². The fourth-order valence-electron chi connectivity index (χ4n) is 5.51. The Morgan fingerprint density at radius 1 is 1.18 bits per heavy atom. The molecule has 34 heavy (non-hydrogen) atoms. The molecule has 1 unspecified atom stereocenters. The first kappa shape index (κ1) is 23.8. The van der Waals surface area contributed by atoms with Crippen molar-refractivity contribution in [2.45, 2.75) is 30.7 Å². The van der Waals surface area contributed by atoms with Crippen molar-refractivity contribution in [1.29, 1.82) is 0 Å². The van der Waals surface area contributed by atoms with Crippen LogP contribution in [0, 0.1) is 11.8 Å². The average Bonchev–Trinajstić information content (AvgIpc) is 2.69. The number of ketones is 2. The van der Waals surface area contributed by atoms with E-state index in [4.69, 9.17) is 5.73 Å². The molecule has 3 aliphatic rings. The molecule has 4 rings (SSSR count). The van der Waals surface area contributed by atoms with Crippen molar-refractivity contribution in [3.63, 3.8) is 0 Å². The van der Waals surface area contributed by atoms with Crippen molar-refractivity contribution in [2.75, 3.05) is 14.1 Å². The van der Waals surface area contributed by atoms with Gasteiger partial charge >= 0.3 is 6.18 Å². The minimum atomic E-state index is -4.82. The molecule has 6 N–H and O–H groups in total. The van der Waals surface area contributed by atoms with Gasteiger partial charge in [-0.2, -0.15) is 13.2 Å². The smallest absolute Gasteiger partial charge is 0.416 e. The highest BCUT2D eigenvalue weighted by Gasteiger charge is 2.64. The van der Waals surface area contributed by atoms with Gasteiger partial charge in [0.05, 0.1) is 17.2 Å². The summed E-state index contributed by atoms with van der Waals surface area (Å²) in [6.07, 6.45) is -5.55. The number of phenols is 1. The third kappa shape index (κ3) is 2.98. The minimum absolute atomic E-state index is 0.293. The summed E-state index contributed by atoms with van der Waals surface area (Å²) in [5.41, 5.74) is -1.26. The van der Waals surface area contributed by atoms with Crippen LogP contribution in [0.1, 0.15) is 23.1 Å². The van der Waals surface area contributed by atoms with Gasteiger partial charge in [0.1, 0.15) is 22.8 Å². The lowest BCUT2D eigenvalue weighted by Crippen LogP contribution is -2.65. The van der Waals surface area contributed by atoms with Crippen LogP contribution in [0.2, 0.25) is 0 Å². The lowest BCUT2D eigenvalue weighted by atomic mass is 9.57. The number of carbonyl (C=O) groups excluding carboxylic acids is 3. The van der Waals surface area contributed by atoms with Crippen molar-refractivity contribution in [1.82, 2.24) is 4.90 Å². The van der Waals surface area contributed by atoms with Gasteiger partial charge in [-0.25, -0.2) is 0 Å². The fourth-order valence-corrected chi connectivity index (χ4v) is 5.51. The van der Waals surface area contributed by atoms with Gasteiger partial charge in [0.15, 0.2) is 11.4 Å². The average molecular weight is 482 g/mol. The topological polar surface area (TPSA) is 161 Å². The Morgan fingerprint density at radius 2 is 1.79 bits per heavy atom. The summed E-state index contributed by atoms with van der Waals surface area (Å²) >= 11 is 0. The van der Waals surface area contributed by atoms with Gasteiger partial charge in [-0.05, 0) is 50.6 Å². The van der Waals surface area contributed by atoms with E-state index in [1.54, 1.807) is 0 Å². The Morgan fingerprint density at radius 3 is 2.32 bits per heavy atom. The van der Waals surface area contributed by atoms with Gasteiger partial charge in [-0.15, -0.1) is 0 Å². The third-order valence-corrected chi connectivity index (χ3v) is 6.91. The molecule has 0 saturated heterocycles. The van der Waals surface area contributed by atoms with Gasteiger partial charge in [-0.1, -0.05) is 0 Å². The number of benzene rings is 1. The Bertz CT molecular complexity index is 1220. The largest absolute Gasteiger partial charge is 0.508 e. The number of hydrogen-bond acceptors (Lipinski definition) is 8. The number of aromatic hydroxyl groups is 1. The van der Waals surface area contributed by atoms with Gasteiger partial charge in [0, 0.05) is 11.5 Å². The molecule has 182 valence electrons. The van der Waals surface area contributed by atoms with Crippen LogP contribution in [0.25, 0.3) is 5.76 Å². The highest BCUT2D eigenvalue weighted by Crippen LogP contribution is 2.53. The molecule has 9 nitrogen and oxygen atoms in total. The number of primary amides is 1. The molecule has 1 aromatic carbocycles. The van der Waals surface area contributed by atoms with Gasteiger partial charge in [0.2, 0.25) is 5.78 Å². The summed E-state index contributed by atoms with van der Waals surface area (Å²) in [7, 11) is 2.85. The number of carbonyl (C=O) groups is 3. The highest BCUT2D eigenvalue weighted by atomic mass is 19.4. The molecule has 0 bridgehead atoms. The third-order valence-electron chi connectivity index (χ3n) is 6.91. The molecular formula is C22H21F3N2O7. The first-order valence-electron chi connectivity index (χ1n) is 10.2. The standard InChI is InChI=1S/C22H21F3N2O7/c1-27(2)15-10-6-7-5-8-9(22(23,24)25)3-4-11(28)13(8)16(29)12(7)18(31)21(10,34)19(32)14(17(15)30)20(26)33/h3-4,7,10,15,28-29,32,34H,5-6H2,1-2H3,(H2,26,33)/t7-,10?,15-,21-/m0/s1. The van der Waals surface area contributed by atoms with Gasteiger partial charge < -0.3 is 26.2 Å². The zero-order chi connectivity index (χ0) is 25.5. The second kappa shape index (κ2) is 7.31. The monoisotopic (exact) mass is 482 g/mol. The van der Waals surface area contributed by atoms with Crippen LogP contribution in [0.4, 0.5) is 13.2 Å². The number of amides is 1. The molecule has 0 radical (unpaired) electrons. The van der Waals surface area contributed by atoms with Crippen LogP contribution in [-0.2, 0) is 27.0 Å². The van der Waals surface area contributed by atoms with E-state index < -0.39 is 98.7 Å². The summed E-state index contributed by atoms with van der Waals surface area (Å²) in [5.74, 6) is -9.00. The highest BCUT2D eigenvalue weighted by molar-refractivity contribution is 6.24. The van der Waals surface area contributed by atoms with E-state index in [1.807, 2.05) is 0 Å². The van der Waals surface area contributed by atoms with Crippen LogP contribution in [0.15, 0.2) is 29.0 Å². The number of Topliss-reactive ketones (excluding diaryl/α,β-unsaturated/α-hetero) is 2. The van der Waals surface area contributed by atoms with E-state index in [-0.39, 0.29) is 6.42 Å². The van der Waals surface area contributed by atoms with Crippen molar-refractivity contribution in [3.05, 3.63) is 45.7 Å². The normalized spacial score (nSPS) is 29.2. The molecule has 4 atom stereocenters. The Kier molecular flexibility index (Phi) is 5.11. The van der Waals surface area contributed by atoms with E-state index in [9.17, 15) is 48.0 Å². The second-order valence-corrected chi connectivity index (χ2v) is 8.95. The molecule has 12 heteroatoms. The maximum atomic E-state index is 13.6. The molecule has 1 aromatic rings. The van der Waals surface area contributed by atoms with E-state index in [2.05, 4.69) is 0 Å². The lowest BCUT2D eigenvalue weighted by molar-refractivity contribution is -0.153. The van der Waals surface area contributed by atoms with Crippen molar-refractivity contribution in [2.24, 2.45) is 17.6 Å². The lowest BCUT2D eigenvalue weighted by Gasteiger charge is -2.50. The van der Waals surface area contributed by atoms with Crippen LogP contribution in [0.3, 0.4) is 0 Å². The van der Waals surface area contributed by atoms with Gasteiger partial charge in [-0.3, -0.25) is 19.3 Å². The molecule has 3 aliphatic carbocycles. The molecule has 0 heterocycles. The second-order valence-electron chi connectivity index (χ2n) is 8.95. The molecule has 0 spiro atoms. The number of phenolic OH excluding ortho intramolecular Hbond substituents is 1. The number of nitrogens with zero attached hydrogens (tertiary/aromatic N) is 1. The number of rotatable bonds is 2. The Labute approximate surface area is 190 Å². The van der Waals surface area contributed by atoms with Crippen LogP contribution in [0.5, 0.6) is 5.75 Å². The quantitative estimate of drug-likeness (QED) is 0.390. The number of fused-ring (bicyclic) bond motifs is 3. The number of alkyl halides is 3. The van der Waals surface area contributed by atoms with E-state index in [1.165, 1.54) is 19.0 Å². The first-order chi connectivity index (χ1) is 15.6. The number of hydrogen-bond donors (Lipinski definition) is 5. The summed E-state index contributed by atoms with van der Waals surface area (Å²) in [6, 6.07) is 0.0743. The number of likely N-dealkylation sites (N-methyl/N-ethyl adjacent to an activating group) is 1.